The van der Waals surface area contributed by atoms with Crippen LogP contribution in [0.4, 0.5) is 0 Å². The molecule has 1 N–H and O–H groups in total. The standard InChI is InChI=1S/C15H29NO/c1-14(2)9-12-17-13-11-16-10-8-15-6-4-3-5-7-15/h6,14,16H,3-5,7-13H2,1-2H3. The van der Waals surface area contributed by atoms with Gasteiger partial charge in [0.1, 0.15) is 0 Å². The van der Waals surface area contributed by atoms with Gasteiger partial charge >= 0.3 is 0 Å². The highest BCUT2D eigenvalue weighted by molar-refractivity contribution is 5.05. The second kappa shape index (κ2) is 9.67. The third-order valence-electron chi connectivity index (χ3n) is 3.27. The molecule has 0 aliphatic heterocycles. The zero-order valence-electron chi connectivity index (χ0n) is 11.6. The van der Waals surface area contributed by atoms with E-state index in [4.69, 9.17) is 4.74 Å². The van der Waals surface area contributed by atoms with Crippen LogP contribution in [0, 0.1) is 5.92 Å². The van der Waals surface area contributed by atoms with E-state index < -0.39 is 0 Å². The normalized spacial score (nSPS) is 16.3. The topological polar surface area (TPSA) is 21.3 Å². The maximum absolute atomic E-state index is 5.56. The van der Waals surface area contributed by atoms with Gasteiger partial charge in [-0.05, 0) is 51.0 Å². The maximum atomic E-state index is 5.56. The van der Waals surface area contributed by atoms with E-state index in [0.717, 1.165) is 32.2 Å². The average molecular weight is 239 g/mol. The van der Waals surface area contributed by atoms with Gasteiger partial charge in [-0.2, -0.15) is 0 Å². The Morgan fingerprint density at radius 3 is 2.82 bits per heavy atom. The lowest BCUT2D eigenvalue weighted by molar-refractivity contribution is 0.125. The van der Waals surface area contributed by atoms with E-state index in [-0.39, 0.29) is 0 Å². The van der Waals surface area contributed by atoms with E-state index >= 15 is 0 Å². The molecular weight excluding hydrogens is 210 g/mol. The molecule has 0 aromatic rings. The molecule has 0 atom stereocenters. The van der Waals surface area contributed by atoms with Crippen LogP contribution in [-0.2, 0) is 4.74 Å². The number of rotatable bonds is 9. The van der Waals surface area contributed by atoms with Gasteiger partial charge in [0.25, 0.3) is 0 Å². The van der Waals surface area contributed by atoms with Gasteiger partial charge in [0.15, 0.2) is 0 Å². The molecule has 2 nitrogen and oxygen atoms in total. The Bertz CT molecular complexity index is 211. The van der Waals surface area contributed by atoms with Crippen molar-refractivity contribution in [3.63, 3.8) is 0 Å². The van der Waals surface area contributed by atoms with Crippen LogP contribution in [0.25, 0.3) is 0 Å². The first-order valence-corrected chi connectivity index (χ1v) is 7.25. The molecule has 0 amide bonds. The molecular formula is C15H29NO. The molecule has 100 valence electrons. The van der Waals surface area contributed by atoms with Gasteiger partial charge in [0.2, 0.25) is 0 Å². The number of allylic oxidation sites excluding steroid dienone is 1. The second-order valence-electron chi connectivity index (χ2n) is 5.40. The minimum Gasteiger partial charge on any atom is -0.380 e. The summed E-state index contributed by atoms with van der Waals surface area (Å²) in [4.78, 5) is 0. The summed E-state index contributed by atoms with van der Waals surface area (Å²) in [5.74, 6) is 0.751. The zero-order valence-corrected chi connectivity index (χ0v) is 11.6. The van der Waals surface area contributed by atoms with Gasteiger partial charge in [-0.25, -0.2) is 0 Å². The summed E-state index contributed by atoms with van der Waals surface area (Å²) in [7, 11) is 0. The van der Waals surface area contributed by atoms with Crippen LogP contribution in [0.2, 0.25) is 0 Å². The van der Waals surface area contributed by atoms with E-state index in [1.54, 1.807) is 5.57 Å². The van der Waals surface area contributed by atoms with Crippen LogP contribution in [0.15, 0.2) is 11.6 Å². The van der Waals surface area contributed by atoms with Crippen molar-refractivity contribution >= 4 is 0 Å². The van der Waals surface area contributed by atoms with Gasteiger partial charge in [0.05, 0.1) is 6.61 Å². The van der Waals surface area contributed by atoms with E-state index in [1.807, 2.05) is 0 Å². The highest BCUT2D eigenvalue weighted by atomic mass is 16.5. The number of ether oxygens (including phenoxy) is 1. The third kappa shape index (κ3) is 8.39. The molecule has 0 spiro atoms. The molecule has 2 heteroatoms. The average Bonchev–Trinajstić information content (AvgIpc) is 2.33. The summed E-state index contributed by atoms with van der Waals surface area (Å²) in [6, 6.07) is 0. The Morgan fingerprint density at radius 1 is 1.24 bits per heavy atom. The molecule has 1 aliphatic rings. The maximum Gasteiger partial charge on any atom is 0.0590 e. The van der Waals surface area contributed by atoms with E-state index in [9.17, 15) is 0 Å². The lowest BCUT2D eigenvalue weighted by atomic mass is 9.97. The molecule has 0 unspecified atom stereocenters. The Morgan fingerprint density at radius 2 is 2.12 bits per heavy atom. The first kappa shape index (κ1) is 14.7. The predicted molar refractivity (Wildman–Crippen MR) is 74.3 cm³/mol. The lowest BCUT2D eigenvalue weighted by Gasteiger charge is -2.13. The van der Waals surface area contributed by atoms with Crippen molar-refractivity contribution in [2.45, 2.75) is 52.4 Å². The molecule has 0 bridgehead atoms. The summed E-state index contributed by atoms with van der Waals surface area (Å²) < 4.78 is 5.56. The third-order valence-corrected chi connectivity index (χ3v) is 3.27. The minimum atomic E-state index is 0.751. The Balaban J connectivity index is 1.82. The molecule has 0 heterocycles. The SMILES string of the molecule is CC(C)CCOCCNCCC1=CCCCC1. The van der Waals surface area contributed by atoms with Crippen molar-refractivity contribution in [2.75, 3.05) is 26.3 Å². The highest BCUT2D eigenvalue weighted by Crippen LogP contribution is 2.19. The highest BCUT2D eigenvalue weighted by Gasteiger charge is 2.02. The molecule has 0 fully saturated rings. The van der Waals surface area contributed by atoms with E-state index in [1.165, 1.54) is 38.5 Å². The quantitative estimate of drug-likeness (QED) is 0.491. The summed E-state index contributed by atoms with van der Waals surface area (Å²) in [5.41, 5.74) is 1.66. The van der Waals surface area contributed by atoms with Crippen molar-refractivity contribution in [2.24, 2.45) is 5.92 Å². The van der Waals surface area contributed by atoms with Crippen LogP contribution >= 0.6 is 0 Å². The largest absolute Gasteiger partial charge is 0.380 e. The lowest BCUT2D eigenvalue weighted by Crippen LogP contribution is -2.21. The van der Waals surface area contributed by atoms with Gasteiger partial charge in [-0.3, -0.25) is 0 Å². The van der Waals surface area contributed by atoms with Gasteiger partial charge in [-0.15, -0.1) is 0 Å². The molecule has 0 saturated heterocycles. The fourth-order valence-electron chi connectivity index (χ4n) is 2.07. The second-order valence-corrected chi connectivity index (χ2v) is 5.40. The number of hydrogen-bond acceptors (Lipinski definition) is 2. The summed E-state index contributed by atoms with van der Waals surface area (Å²) >= 11 is 0. The van der Waals surface area contributed by atoms with Crippen LogP contribution in [0.5, 0.6) is 0 Å². The molecule has 0 aromatic carbocycles. The van der Waals surface area contributed by atoms with Gasteiger partial charge in [0, 0.05) is 13.2 Å². The first-order valence-electron chi connectivity index (χ1n) is 7.25. The van der Waals surface area contributed by atoms with Crippen molar-refractivity contribution in [1.82, 2.24) is 5.32 Å². The Kier molecular flexibility index (Phi) is 8.37. The van der Waals surface area contributed by atoms with E-state index in [0.29, 0.717) is 0 Å². The molecule has 1 rings (SSSR count). The monoisotopic (exact) mass is 239 g/mol. The molecule has 17 heavy (non-hydrogen) atoms. The van der Waals surface area contributed by atoms with Crippen LogP contribution in [0.3, 0.4) is 0 Å². The predicted octanol–water partition coefficient (Wildman–Crippen LogP) is 3.53. The molecule has 1 aliphatic carbocycles. The van der Waals surface area contributed by atoms with Gasteiger partial charge in [-0.1, -0.05) is 25.5 Å². The fourth-order valence-corrected chi connectivity index (χ4v) is 2.07. The first-order chi connectivity index (χ1) is 8.29. The summed E-state index contributed by atoms with van der Waals surface area (Å²) in [6.45, 7) is 8.33. The smallest absolute Gasteiger partial charge is 0.0590 e. The van der Waals surface area contributed by atoms with Crippen molar-refractivity contribution < 1.29 is 4.74 Å². The number of nitrogens with one attached hydrogen (secondary N) is 1. The number of hydrogen-bond donors (Lipinski definition) is 1. The summed E-state index contributed by atoms with van der Waals surface area (Å²) in [5, 5.41) is 3.45. The zero-order chi connectivity index (χ0) is 12.3. The van der Waals surface area contributed by atoms with Crippen LogP contribution in [0.1, 0.15) is 52.4 Å². The van der Waals surface area contributed by atoms with Crippen LogP contribution in [-0.4, -0.2) is 26.3 Å². The molecule has 0 aromatic heterocycles. The Labute approximate surface area is 107 Å². The fraction of sp³-hybridized carbons (Fsp3) is 0.867. The van der Waals surface area contributed by atoms with E-state index in [2.05, 4.69) is 25.2 Å². The molecule has 0 radical (unpaired) electrons. The van der Waals surface area contributed by atoms with Crippen molar-refractivity contribution in [3.8, 4) is 0 Å². The molecule has 0 saturated carbocycles. The van der Waals surface area contributed by atoms with Crippen LogP contribution < -0.4 is 5.32 Å². The van der Waals surface area contributed by atoms with Crippen molar-refractivity contribution in [1.29, 1.82) is 0 Å². The van der Waals surface area contributed by atoms with Crippen molar-refractivity contribution in [3.05, 3.63) is 11.6 Å². The minimum absolute atomic E-state index is 0.751. The van der Waals surface area contributed by atoms with Gasteiger partial charge < -0.3 is 10.1 Å². The summed E-state index contributed by atoms with van der Waals surface area (Å²) in [6.07, 6.45) is 10.2. The Hall–Kier alpha value is -0.340.